The summed E-state index contributed by atoms with van der Waals surface area (Å²) in [6, 6.07) is 0. The maximum atomic E-state index is 13.0. The topological polar surface area (TPSA) is 0 Å². The van der Waals surface area contributed by atoms with Crippen molar-refractivity contribution in [2.45, 2.75) is 36.3 Å². The van der Waals surface area contributed by atoms with Gasteiger partial charge in [-0.15, -0.1) is 6.58 Å². The van der Waals surface area contributed by atoms with E-state index in [-0.39, 0.29) is 6.08 Å². The number of hydrogen-bond acceptors (Lipinski definition) is 0. The largest absolute Gasteiger partial charge is 0.385 e. The summed E-state index contributed by atoms with van der Waals surface area (Å²) in [4.78, 5) is 0. The van der Waals surface area contributed by atoms with E-state index in [1.54, 1.807) is 0 Å². The maximum Gasteiger partial charge on any atom is 0.385 e. The number of hydrogen-bond donors (Lipinski definition) is 0. The predicted octanol–water partition coefficient (Wildman–Crippen LogP) is 5.52. The molecule has 12 heteroatoms. The van der Waals surface area contributed by atoms with Crippen LogP contribution in [0.3, 0.4) is 0 Å². The van der Waals surface area contributed by atoms with Gasteiger partial charge in [0.15, 0.2) is 6.17 Å². The summed E-state index contributed by atoms with van der Waals surface area (Å²) >= 11 is 0. The normalized spacial score (nSPS) is 15.5. The highest BCUT2D eigenvalue weighted by atomic mass is 19.4. The minimum absolute atomic E-state index is 0.257. The van der Waals surface area contributed by atoms with Crippen LogP contribution in [0.5, 0.6) is 0 Å². The van der Waals surface area contributed by atoms with E-state index in [0.29, 0.717) is 0 Å². The molecule has 0 radical (unpaired) electrons. The molecule has 0 rings (SSSR count). The number of rotatable bonds is 7. The van der Waals surface area contributed by atoms with Crippen LogP contribution in [0.4, 0.5) is 52.7 Å². The highest BCUT2D eigenvalue weighted by Crippen LogP contribution is 2.56. The van der Waals surface area contributed by atoms with Crippen LogP contribution in [0.2, 0.25) is 0 Å². The Hall–Kier alpha value is -1.36. The van der Waals surface area contributed by atoms with Gasteiger partial charge in [-0.1, -0.05) is 6.08 Å². The monoisotopic (exact) mass is 354 g/mol. The van der Waals surface area contributed by atoms with Crippen molar-refractivity contribution >= 4 is 0 Å². The van der Waals surface area contributed by atoms with Gasteiger partial charge in [0.05, 0.1) is 0 Å². The number of alkyl halides is 9. The third-order valence-electron chi connectivity index (χ3n) is 2.42. The molecule has 0 bridgehead atoms. The van der Waals surface area contributed by atoms with Crippen molar-refractivity contribution in [3.63, 3.8) is 0 Å². The summed E-state index contributed by atoms with van der Waals surface area (Å²) in [5.41, 5.74) is 0. The lowest BCUT2D eigenvalue weighted by Gasteiger charge is -2.36. The zero-order valence-electron chi connectivity index (χ0n) is 10.1. The van der Waals surface area contributed by atoms with Crippen LogP contribution in [0.1, 0.15) is 6.42 Å². The van der Waals surface area contributed by atoms with Gasteiger partial charge < -0.3 is 0 Å². The smallest absolute Gasteiger partial charge is 0.240 e. The first-order chi connectivity index (χ1) is 9.59. The molecule has 0 heterocycles. The first-order valence-corrected chi connectivity index (χ1v) is 5.06. The van der Waals surface area contributed by atoms with Crippen LogP contribution in [0.15, 0.2) is 24.6 Å². The van der Waals surface area contributed by atoms with Gasteiger partial charge in [-0.3, -0.25) is 0 Å². The molecule has 0 spiro atoms. The highest BCUT2D eigenvalue weighted by Gasteiger charge is 2.83. The minimum Gasteiger partial charge on any atom is -0.240 e. The molecule has 1 unspecified atom stereocenters. The third kappa shape index (κ3) is 2.91. The van der Waals surface area contributed by atoms with E-state index in [9.17, 15) is 52.7 Å². The second-order valence-electron chi connectivity index (χ2n) is 3.91. The van der Waals surface area contributed by atoms with Crippen LogP contribution in [0, 0.1) is 0 Å². The summed E-state index contributed by atoms with van der Waals surface area (Å²) in [6.45, 7) is 2.64. The van der Waals surface area contributed by atoms with Crippen LogP contribution < -0.4 is 0 Å². The summed E-state index contributed by atoms with van der Waals surface area (Å²) in [5, 5.41) is 0. The fourth-order valence-electron chi connectivity index (χ4n) is 1.15. The Balaban J connectivity index is 6.06. The molecular weight excluding hydrogens is 348 g/mol. The van der Waals surface area contributed by atoms with E-state index in [0.717, 1.165) is 0 Å². The minimum atomic E-state index is -7.34. The SMILES string of the molecule is C=CCC(F)C(F)(F)C(F)(F)C(F)(F)C(F)(F)C(F)=C(F)F. The zero-order valence-corrected chi connectivity index (χ0v) is 10.1. The molecule has 0 aromatic carbocycles. The molecule has 0 amide bonds. The van der Waals surface area contributed by atoms with Gasteiger partial charge in [0.25, 0.3) is 0 Å². The fourth-order valence-corrected chi connectivity index (χ4v) is 1.15. The molecule has 130 valence electrons. The molecule has 0 aromatic rings. The van der Waals surface area contributed by atoms with E-state index < -0.39 is 48.2 Å². The van der Waals surface area contributed by atoms with Crippen LogP contribution >= 0.6 is 0 Å². The van der Waals surface area contributed by atoms with E-state index >= 15 is 0 Å². The number of allylic oxidation sites excluding steroid dienone is 2. The average molecular weight is 354 g/mol. The summed E-state index contributed by atoms with van der Waals surface area (Å²) in [6.07, 6.45) is -9.59. The van der Waals surface area contributed by atoms with Crippen molar-refractivity contribution in [3.05, 3.63) is 24.6 Å². The van der Waals surface area contributed by atoms with Gasteiger partial charge in [-0.05, 0) is 0 Å². The van der Waals surface area contributed by atoms with E-state index in [4.69, 9.17) is 0 Å². The highest BCUT2D eigenvalue weighted by molar-refractivity contribution is 5.17. The molecule has 1 atom stereocenters. The Kier molecular flexibility index (Phi) is 5.66. The standard InChI is InChI=1S/C10H6F12/c1-2-3-4(11)7(15,16)9(19,20)10(21,22)8(17,18)5(12)6(13)14/h2,4H,1,3H2. The van der Waals surface area contributed by atoms with Crippen molar-refractivity contribution in [2.24, 2.45) is 0 Å². The Morgan fingerprint density at radius 1 is 0.864 bits per heavy atom. The summed E-state index contributed by atoms with van der Waals surface area (Å²) in [7, 11) is 0. The van der Waals surface area contributed by atoms with Gasteiger partial charge in [0, 0.05) is 6.42 Å². The van der Waals surface area contributed by atoms with Crippen LogP contribution in [-0.2, 0) is 0 Å². The fraction of sp³-hybridized carbons (Fsp3) is 0.600. The molecule has 0 aliphatic heterocycles. The molecule has 0 saturated heterocycles. The second-order valence-corrected chi connectivity index (χ2v) is 3.91. The first-order valence-electron chi connectivity index (χ1n) is 5.06. The van der Waals surface area contributed by atoms with Crippen molar-refractivity contribution in [3.8, 4) is 0 Å². The Morgan fingerprint density at radius 3 is 1.59 bits per heavy atom. The zero-order chi connectivity index (χ0) is 18.1. The van der Waals surface area contributed by atoms with Crippen molar-refractivity contribution in [2.75, 3.05) is 0 Å². The van der Waals surface area contributed by atoms with Crippen molar-refractivity contribution < 1.29 is 52.7 Å². The number of halogens is 12. The van der Waals surface area contributed by atoms with Crippen LogP contribution in [0.25, 0.3) is 0 Å². The van der Waals surface area contributed by atoms with E-state index in [1.807, 2.05) is 0 Å². The Morgan fingerprint density at radius 2 is 1.27 bits per heavy atom. The molecule has 0 N–H and O–H groups in total. The predicted molar refractivity (Wildman–Crippen MR) is 49.8 cm³/mol. The van der Waals surface area contributed by atoms with Crippen molar-refractivity contribution in [1.82, 2.24) is 0 Å². The molecule has 0 fully saturated rings. The Labute approximate surface area is 115 Å². The maximum absolute atomic E-state index is 13.0. The molecule has 0 saturated carbocycles. The summed E-state index contributed by atoms with van der Waals surface area (Å²) in [5.74, 6) is -32.3. The van der Waals surface area contributed by atoms with Gasteiger partial charge in [-0.2, -0.15) is 48.3 Å². The molecule has 0 nitrogen and oxygen atoms in total. The molecule has 0 aliphatic rings. The van der Waals surface area contributed by atoms with E-state index in [1.165, 1.54) is 0 Å². The summed E-state index contributed by atoms with van der Waals surface area (Å²) < 4.78 is 151. The van der Waals surface area contributed by atoms with Gasteiger partial charge in [-0.25, -0.2) is 4.39 Å². The quantitative estimate of drug-likeness (QED) is 0.417. The van der Waals surface area contributed by atoms with Gasteiger partial charge >= 0.3 is 29.8 Å². The third-order valence-corrected chi connectivity index (χ3v) is 2.42. The molecule has 22 heavy (non-hydrogen) atoms. The molecule has 0 aromatic heterocycles. The van der Waals surface area contributed by atoms with E-state index in [2.05, 4.69) is 6.58 Å². The van der Waals surface area contributed by atoms with Crippen LogP contribution in [-0.4, -0.2) is 29.9 Å². The lowest BCUT2D eigenvalue weighted by atomic mass is 9.94. The Bertz CT molecular complexity index is 445. The van der Waals surface area contributed by atoms with Gasteiger partial charge in [0.1, 0.15) is 0 Å². The van der Waals surface area contributed by atoms with Crippen molar-refractivity contribution in [1.29, 1.82) is 0 Å². The lowest BCUT2D eigenvalue weighted by Crippen LogP contribution is -2.65. The lowest BCUT2D eigenvalue weighted by molar-refractivity contribution is -0.370. The molecular formula is C10H6F12. The average Bonchev–Trinajstić information content (AvgIpc) is 2.36. The van der Waals surface area contributed by atoms with Gasteiger partial charge in [0.2, 0.25) is 5.83 Å². The first kappa shape index (κ1) is 20.6. The molecule has 0 aliphatic carbocycles. The second kappa shape index (κ2) is 6.03.